The van der Waals surface area contributed by atoms with Gasteiger partial charge in [-0.15, -0.1) is 0 Å². The number of nitrogens with one attached hydrogen (secondary N) is 1. The normalized spacial score (nSPS) is 13.3. The van der Waals surface area contributed by atoms with E-state index in [-0.39, 0.29) is 36.9 Å². The standard InChI is InChI=1S/C27H29N3O4/c1-17(2)28-26(32)18(3)29(15-19-11-13-21(34-4)14-12-19)24(31)16-30-23-10-6-8-20-7-5-9-22(25(20)23)27(30)33/h5-14,17-18H,15-16H2,1-4H3,(H,28,32)/t18-/m0/s1. The Balaban J connectivity index is 1.62. The van der Waals surface area contributed by atoms with Crippen LogP contribution in [0, 0.1) is 0 Å². The lowest BCUT2D eigenvalue weighted by atomic mass is 10.1. The van der Waals surface area contributed by atoms with E-state index < -0.39 is 6.04 Å². The van der Waals surface area contributed by atoms with E-state index in [0.29, 0.717) is 11.3 Å². The van der Waals surface area contributed by atoms with Crippen molar-refractivity contribution in [1.82, 2.24) is 10.2 Å². The van der Waals surface area contributed by atoms with Crippen molar-refractivity contribution in [2.45, 2.75) is 39.4 Å². The Morgan fingerprint density at radius 3 is 2.32 bits per heavy atom. The summed E-state index contributed by atoms with van der Waals surface area (Å²) >= 11 is 0. The predicted octanol–water partition coefficient (Wildman–Crippen LogP) is 3.75. The van der Waals surface area contributed by atoms with Gasteiger partial charge in [0.1, 0.15) is 18.3 Å². The van der Waals surface area contributed by atoms with Crippen LogP contribution in [0.1, 0.15) is 36.7 Å². The number of hydrogen-bond acceptors (Lipinski definition) is 4. The molecule has 7 heteroatoms. The number of anilines is 1. The molecule has 4 rings (SSSR count). The Labute approximate surface area is 199 Å². The number of carbonyl (C=O) groups is 3. The average molecular weight is 460 g/mol. The highest BCUT2D eigenvalue weighted by Crippen LogP contribution is 2.37. The van der Waals surface area contributed by atoms with E-state index in [9.17, 15) is 14.4 Å². The van der Waals surface area contributed by atoms with Gasteiger partial charge in [0.05, 0.1) is 12.8 Å². The van der Waals surface area contributed by atoms with Gasteiger partial charge >= 0.3 is 0 Å². The molecule has 3 aromatic carbocycles. The van der Waals surface area contributed by atoms with Gasteiger partial charge in [-0.05, 0) is 56.0 Å². The molecule has 0 bridgehead atoms. The number of rotatable bonds is 8. The molecule has 0 saturated heterocycles. The molecule has 3 aromatic rings. The molecule has 1 aliphatic rings. The second kappa shape index (κ2) is 9.55. The zero-order valence-corrected chi connectivity index (χ0v) is 19.9. The van der Waals surface area contributed by atoms with Crippen molar-refractivity contribution < 1.29 is 19.1 Å². The topological polar surface area (TPSA) is 79.0 Å². The molecular weight excluding hydrogens is 430 g/mol. The molecule has 1 N–H and O–H groups in total. The third kappa shape index (κ3) is 4.46. The van der Waals surface area contributed by atoms with E-state index >= 15 is 0 Å². The SMILES string of the molecule is COc1ccc(CN(C(=O)CN2C(=O)c3cccc4cccc2c34)[C@@H](C)C(=O)NC(C)C)cc1. The van der Waals surface area contributed by atoms with Gasteiger partial charge in [-0.2, -0.15) is 0 Å². The van der Waals surface area contributed by atoms with Gasteiger partial charge in [0, 0.05) is 23.5 Å². The summed E-state index contributed by atoms with van der Waals surface area (Å²) in [4.78, 5) is 42.6. The third-order valence-electron chi connectivity index (χ3n) is 6.05. The van der Waals surface area contributed by atoms with Crippen molar-refractivity contribution in [2.24, 2.45) is 0 Å². The van der Waals surface area contributed by atoms with E-state index in [0.717, 1.165) is 22.0 Å². The Morgan fingerprint density at radius 2 is 1.68 bits per heavy atom. The highest BCUT2D eigenvalue weighted by atomic mass is 16.5. The van der Waals surface area contributed by atoms with Crippen LogP contribution in [0.4, 0.5) is 5.69 Å². The predicted molar refractivity (Wildman–Crippen MR) is 132 cm³/mol. The van der Waals surface area contributed by atoms with Gasteiger partial charge in [-0.1, -0.05) is 36.4 Å². The number of nitrogens with zero attached hydrogens (tertiary/aromatic N) is 2. The molecule has 0 aliphatic carbocycles. The minimum absolute atomic E-state index is 0.0554. The fourth-order valence-corrected chi connectivity index (χ4v) is 4.28. The molecule has 7 nitrogen and oxygen atoms in total. The average Bonchev–Trinajstić information content (AvgIpc) is 3.10. The van der Waals surface area contributed by atoms with Crippen LogP contribution in [0.25, 0.3) is 10.8 Å². The molecule has 1 heterocycles. The van der Waals surface area contributed by atoms with Crippen LogP contribution in [-0.2, 0) is 16.1 Å². The van der Waals surface area contributed by atoms with Gasteiger partial charge in [0.15, 0.2) is 0 Å². The van der Waals surface area contributed by atoms with E-state index in [4.69, 9.17) is 4.74 Å². The smallest absolute Gasteiger partial charge is 0.259 e. The molecule has 0 radical (unpaired) electrons. The van der Waals surface area contributed by atoms with Crippen molar-refractivity contribution in [2.75, 3.05) is 18.6 Å². The lowest BCUT2D eigenvalue weighted by molar-refractivity contribution is -0.139. The fraction of sp³-hybridized carbons (Fsp3) is 0.296. The minimum Gasteiger partial charge on any atom is -0.497 e. The lowest BCUT2D eigenvalue weighted by Crippen LogP contribution is -2.51. The molecule has 0 unspecified atom stereocenters. The van der Waals surface area contributed by atoms with Crippen LogP contribution in [0.15, 0.2) is 60.7 Å². The van der Waals surface area contributed by atoms with Gasteiger partial charge in [0.2, 0.25) is 11.8 Å². The monoisotopic (exact) mass is 459 g/mol. The number of benzene rings is 3. The molecular formula is C27H29N3O4. The summed E-state index contributed by atoms with van der Waals surface area (Å²) in [5.74, 6) is -0.0417. The maximum absolute atomic E-state index is 13.6. The van der Waals surface area contributed by atoms with E-state index in [2.05, 4.69) is 5.32 Å². The van der Waals surface area contributed by atoms with Crippen molar-refractivity contribution in [3.05, 3.63) is 71.8 Å². The number of ether oxygens (including phenoxy) is 1. The first-order valence-electron chi connectivity index (χ1n) is 11.4. The maximum Gasteiger partial charge on any atom is 0.259 e. The number of methoxy groups -OCH3 is 1. The van der Waals surface area contributed by atoms with Gasteiger partial charge in [-0.25, -0.2) is 0 Å². The largest absolute Gasteiger partial charge is 0.497 e. The third-order valence-corrected chi connectivity index (χ3v) is 6.05. The van der Waals surface area contributed by atoms with Crippen LogP contribution < -0.4 is 15.0 Å². The van der Waals surface area contributed by atoms with Crippen LogP contribution in [-0.4, -0.2) is 48.4 Å². The van der Waals surface area contributed by atoms with Crippen LogP contribution in [0.2, 0.25) is 0 Å². The second-order valence-electron chi connectivity index (χ2n) is 8.78. The summed E-state index contributed by atoms with van der Waals surface area (Å²) in [7, 11) is 1.59. The molecule has 1 aliphatic heterocycles. The summed E-state index contributed by atoms with van der Waals surface area (Å²) in [6.45, 7) is 5.54. The van der Waals surface area contributed by atoms with Crippen LogP contribution >= 0.6 is 0 Å². The summed E-state index contributed by atoms with van der Waals surface area (Å²) in [5.41, 5.74) is 2.17. The van der Waals surface area contributed by atoms with Gasteiger partial charge < -0.3 is 15.0 Å². The van der Waals surface area contributed by atoms with Crippen molar-refractivity contribution >= 4 is 34.2 Å². The first-order chi connectivity index (χ1) is 16.3. The summed E-state index contributed by atoms with van der Waals surface area (Å²) in [6, 6.07) is 17.9. The number of amides is 3. The zero-order chi connectivity index (χ0) is 24.4. The molecule has 176 valence electrons. The molecule has 34 heavy (non-hydrogen) atoms. The van der Waals surface area contributed by atoms with Crippen molar-refractivity contribution in [3.63, 3.8) is 0 Å². The first-order valence-corrected chi connectivity index (χ1v) is 11.4. The van der Waals surface area contributed by atoms with E-state index in [1.165, 1.54) is 9.80 Å². The summed E-state index contributed by atoms with van der Waals surface area (Å²) in [5, 5.41) is 4.69. The Bertz CT molecular complexity index is 1230. The lowest BCUT2D eigenvalue weighted by Gasteiger charge is -2.31. The number of hydrogen-bond donors (Lipinski definition) is 1. The molecule has 0 fully saturated rings. The van der Waals surface area contributed by atoms with Gasteiger partial charge in [0.25, 0.3) is 5.91 Å². The first kappa shape index (κ1) is 23.3. The summed E-state index contributed by atoms with van der Waals surface area (Å²) in [6.07, 6.45) is 0. The molecule has 3 amide bonds. The van der Waals surface area contributed by atoms with Crippen LogP contribution in [0.3, 0.4) is 0 Å². The highest BCUT2D eigenvalue weighted by molar-refractivity contribution is 6.26. The minimum atomic E-state index is -0.715. The molecule has 0 spiro atoms. The van der Waals surface area contributed by atoms with E-state index in [1.54, 1.807) is 20.1 Å². The zero-order valence-electron chi connectivity index (χ0n) is 19.9. The quantitative estimate of drug-likeness (QED) is 0.557. The highest BCUT2D eigenvalue weighted by Gasteiger charge is 2.34. The fourth-order valence-electron chi connectivity index (χ4n) is 4.28. The van der Waals surface area contributed by atoms with Crippen LogP contribution in [0.5, 0.6) is 5.75 Å². The number of carbonyl (C=O) groups excluding carboxylic acids is 3. The second-order valence-corrected chi connectivity index (χ2v) is 8.78. The molecule has 1 atom stereocenters. The maximum atomic E-state index is 13.6. The van der Waals surface area contributed by atoms with Crippen molar-refractivity contribution in [3.8, 4) is 5.75 Å². The molecule has 0 aromatic heterocycles. The Kier molecular flexibility index (Phi) is 6.54. The van der Waals surface area contributed by atoms with E-state index in [1.807, 2.05) is 68.4 Å². The van der Waals surface area contributed by atoms with Gasteiger partial charge in [-0.3, -0.25) is 19.3 Å². The summed E-state index contributed by atoms with van der Waals surface area (Å²) < 4.78 is 5.22. The Morgan fingerprint density at radius 1 is 1.00 bits per heavy atom. The Hall–Kier alpha value is -3.87. The molecule has 0 saturated carbocycles. The van der Waals surface area contributed by atoms with Crippen molar-refractivity contribution in [1.29, 1.82) is 0 Å².